The van der Waals surface area contributed by atoms with E-state index >= 15 is 0 Å². The van der Waals surface area contributed by atoms with Crippen LogP contribution in [-0.2, 0) is 11.8 Å². The van der Waals surface area contributed by atoms with E-state index in [4.69, 9.17) is 0 Å². The van der Waals surface area contributed by atoms with Gasteiger partial charge in [-0.05, 0) is 53.7 Å². The fourth-order valence-corrected chi connectivity index (χ4v) is 3.11. The van der Waals surface area contributed by atoms with Gasteiger partial charge < -0.3 is 0 Å². The number of rotatable bonds is 1. The first-order valence-corrected chi connectivity index (χ1v) is 5.85. The molecular formula is C14H18. The summed E-state index contributed by atoms with van der Waals surface area (Å²) in [5, 5.41) is 0. The fraction of sp³-hybridized carbons (Fsp3) is 0.571. The minimum atomic E-state index is 0.649. The minimum absolute atomic E-state index is 0.649. The zero-order chi connectivity index (χ0) is 9.76. The van der Waals surface area contributed by atoms with Crippen LogP contribution in [0.5, 0.6) is 0 Å². The Bertz CT molecular complexity index is 370. The summed E-state index contributed by atoms with van der Waals surface area (Å²) in [5.74, 6) is 0.695. The third-order valence-corrected chi connectivity index (χ3v) is 4.06. The molecule has 0 heteroatoms. The van der Waals surface area contributed by atoms with Crippen LogP contribution in [0.2, 0.25) is 0 Å². The Morgan fingerprint density at radius 2 is 1.93 bits per heavy atom. The Labute approximate surface area is 86.3 Å². The van der Waals surface area contributed by atoms with Crippen LogP contribution in [-0.4, -0.2) is 0 Å². The van der Waals surface area contributed by atoms with Gasteiger partial charge in [-0.15, -0.1) is 0 Å². The van der Waals surface area contributed by atoms with E-state index in [0.717, 1.165) is 0 Å². The number of hydrogen-bond acceptors (Lipinski definition) is 0. The van der Waals surface area contributed by atoms with E-state index in [1.165, 1.54) is 25.7 Å². The Morgan fingerprint density at radius 1 is 1.14 bits per heavy atom. The fourth-order valence-electron chi connectivity index (χ4n) is 3.11. The number of hydrogen-bond donors (Lipinski definition) is 0. The van der Waals surface area contributed by atoms with Gasteiger partial charge in [0.05, 0.1) is 0 Å². The van der Waals surface area contributed by atoms with E-state index in [2.05, 4.69) is 32.0 Å². The molecule has 0 bridgehead atoms. The van der Waals surface area contributed by atoms with E-state index in [1.807, 2.05) is 0 Å². The summed E-state index contributed by atoms with van der Waals surface area (Å²) in [5.41, 5.74) is 5.66. The molecule has 0 heterocycles. The predicted molar refractivity (Wildman–Crippen MR) is 59.8 cm³/mol. The van der Waals surface area contributed by atoms with Gasteiger partial charge in [-0.25, -0.2) is 0 Å². The van der Waals surface area contributed by atoms with Gasteiger partial charge in [0.2, 0.25) is 0 Å². The van der Waals surface area contributed by atoms with Crippen LogP contribution in [0.1, 0.15) is 55.7 Å². The highest BCUT2D eigenvalue weighted by molar-refractivity contribution is 5.49. The first-order valence-electron chi connectivity index (χ1n) is 5.85. The summed E-state index contributed by atoms with van der Waals surface area (Å²) < 4.78 is 0. The molecule has 0 radical (unpaired) electrons. The third-order valence-electron chi connectivity index (χ3n) is 4.06. The van der Waals surface area contributed by atoms with Gasteiger partial charge in [0, 0.05) is 0 Å². The molecule has 1 fully saturated rings. The van der Waals surface area contributed by atoms with Gasteiger partial charge in [0.1, 0.15) is 0 Å². The van der Waals surface area contributed by atoms with Gasteiger partial charge in [0.25, 0.3) is 0 Å². The molecule has 2 aliphatic carbocycles. The maximum atomic E-state index is 2.34. The van der Waals surface area contributed by atoms with Crippen LogP contribution in [0.4, 0.5) is 0 Å². The van der Waals surface area contributed by atoms with Crippen LogP contribution in [0.3, 0.4) is 0 Å². The van der Waals surface area contributed by atoms with E-state index in [-0.39, 0.29) is 0 Å². The Balaban J connectivity index is 2.19. The molecule has 0 amide bonds. The van der Waals surface area contributed by atoms with Crippen molar-refractivity contribution in [3.63, 3.8) is 0 Å². The van der Waals surface area contributed by atoms with Gasteiger partial charge >= 0.3 is 0 Å². The average molecular weight is 186 g/mol. The van der Waals surface area contributed by atoms with Gasteiger partial charge in [-0.1, -0.05) is 32.0 Å². The first kappa shape index (κ1) is 8.52. The zero-order valence-corrected chi connectivity index (χ0v) is 9.14. The van der Waals surface area contributed by atoms with Crippen LogP contribution in [0.25, 0.3) is 0 Å². The van der Waals surface area contributed by atoms with E-state index in [1.54, 1.807) is 16.7 Å². The summed E-state index contributed by atoms with van der Waals surface area (Å²) in [6.07, 6.45) is 5.65. The lowest BCUT2D eigenvalue weighted by atomic mass is 9.88. The Morgan fingerprint density at radius 3 is 2.57 bits per heavy atom. The molecule has 0 N–H and O–H groups in total. The number of aryl methyl sites for hydroxylation is 1. The van der Waals surface area contributed by atoms with Gasteiger partial charge in [-0.3, -0.25) is 0 Å². The standard InChI is InChI=1S/C14H18/c1-10(2)12-5-3-4-11-6-7-14(8-9-14)13(11)12/h3-5,10H,6-9H2,1-2H3. The van der Waals surface area contributed by atoms with Gasteiger partial charge in [-0.2, -0.15) is 0 Å². The lowest BCUT2D eigenvalue weighted by Gasteiger charge is -2.17. The second-order valence-electron chi connectivity index (χ2n) is 5.32. The summed E-state index contributed by atoms with van der Waals surface area (Å²) in [4.78, 5) is 0. The van der Waals surface area contributed by atoms with Crippen molar-refractivity contribution in [2.24, 2.45) is 0 Å². The molecular weight excluding hydrogens is 168 g/mol. The monoisotopic (exact) mass is 186 g/mol. The van der Waals surface area contributed by atoms with Crippen LogP contribution >= 0.6 is 0 Å². The molecule has 0 aliphatic heterocycles. The summed E-state index contributed by atoms with van der Waals surface area (Å²) in [7, 11) is 0. The number of fused-ring (bicyclic) bond motifs is 2. The molecule has 0 unspecified atom stereocenters. The van der Waals surface area contributed by atoms with Crippen LogP contribution < -0.4 is 0 Å². The minimum Gasteiger partial charge on any atom is -0.0617 e. The first-order chi connectivity index (χ1) is 6.73. The molecule has 0 aromatic heterocycles. The van der Waals surface area contributed by atoms with E-state index in [0.29, 0.717) is 11.3 Å². The average Bonchev–Trinajstić information content (AvgIpc) is 2.84. The molecule has 3 rings (SSSR count). The van der Waals surface area contributed by atoms with Crippen molar-refractivity contribution >= 4 is 0 Å². The van der Waals surface area contributed by atoms with Crippen molar-refractivity contribution < 1.29 is 0 Å². The third kappa shape index (κ3) is 1.00. The normalized spacial score (nSPS) is 21.6. The summed E-state index contributed by atoms with van der Waals surface area (Å²) >= 11 is 0. The molecule has 1 spiro atoms. The van der Waals surface area contributed by atoms with E-state index in [9.17, 15) is 0 Å². The largest absolute Gasteiger partial charge is 0.0617 e. The Hall–Kier alpha value is -0.780. The molecule has 1 aromatic rings. The second-order valence-corrected chi connectivity index (χ2v) is 5.32. The van der Waals surface area contributed by atoms with Crippen molar-refractivity contribution in [2.45, 2.75) is 50.9 Å². The van der Waals surface area contributed by atoms with Crippen molar-refractivity contribution in [3.8, 4) is 0 Å². The summed E-state index contributed by atoms with van der Waals surface area (Å²) in [6, 6.07) is 6.93. The quantitative estimate of drug-likeness (QED) is 0.626. The summed E-state index contributed by atoms with van der Waals surface area (Å²) in [6.45, 7) is 4.65. The highest BCUT2D eigenvalue weighted by Crippen LogP contribution is 2.58. The van der Waals surface area contributed by atoms with Crippen molar-refractivity contribution in [1.82, 2.24) is 0 Å². The highest BCUT2D eigenvalue weighted by Gasteiger charge is 2.49. The molecule has 1 aromatic carbocycles. The molecule has 0 nitrogen and oxygen atoms in total. The topological polar surface area (TPSA) is 0 Å². The van der Waals surface area contributed by atoms with Crippen LogP contribution in [0.15, 0.2) is 18.2 Å². The molecule has 74 valence electrons. The molecule has 1 saturated carbocycles. The Kier molecular flexibility index (Phi) is 1.60. The maximum Gasteiger partial charge on any atom is -0.00376 e. The molecule has 0 saturated heterocycles. The molecule has 2 aliphatic rings. The lowest BCUT2D eigenvalue weighted by molar-refractivity contribution is 0.667. The van der Waals surface area contributed by atoms with E-state index < -0.39 is 0 Å². The van der Waals surface area contributed by atoms with Crippen molar-refractivity contribution in [1.29, 1.82) is 0 Å². The van der Waals surface area contributed by atoms with Gasteiger partial charge in [0.15, 0.2) is 0 Å². The SMILES string of the molecule is CC(C)c1cccc2c1C1(CC2)CC1. The highest BCUT2D eigenvalue weighted by atomic mass is 14.5. The van der Waals surface area contributed by atoms with Crippen LogP contribution in [0, 0.1) is 0 Å². The molecule has 0 atom stereocenters. The molecule has 14 heavy (non-hydrogen) atoms. The smallest absolute Gasteiger partial charge is 0.00376 e. The lowest BCUT2D eigenvalue weighted by Crippen LogP contribution is -2.05. The number of benzene rings is 1. The van der Waals surface area contributed by atoms with Crippen molar-refractivity contribution in [2.75, 3.05) is 0 Å². The predicted octanol–water partition coefficient (Wildman–Crippen LogP) is 3.79. The van der Waals surface area contributed by atoms with Crippen molar-refractivity contribution in [3.05, 3.63) is 34.9 Å². The maximum absolute atomic E-state index is 2.34. The second kappa shape index (κ2) is 2.62. The zero-order valence-electron chi connectivity index (χ0n) is 9.14.